The molecule has 1 aliphatic carbocycles. The Morgan fingerprint density at radius 2 is 2.08 bits per heavy atom. The van der Waals surface area contributed by atoms with E-state index in [-0.39, 0.29) is 23.7 Å². The van der Waals surface area contributed by atoms with Gasteiger partial charge in [0.2, 0.25) is 0 Å². The average molecular weight is 338 g/mol. The number of nitrogens with one attached hydrogen (secondary N) is 1. The van der Waals surface area contributed by atoms with E-state index in [9.17, 15) is 13.6 Å². The van der Waals surface area contributed by atoms with Gasteiger partial charge in [-0.2, -0.15) is 8.78 Å². The second-order valence-electron chi connectivity index (χ2n) is 6.68. The highest BCUT2D eigenvalue weighted by atomic mass is 19.3. The number of hydrogen-bond donors (Lipinski definition) is 1. The molecule has 2 aliphatic heterocycles. The molecule has 7 heteroatoms. The van der Waals surface area contributed by atoms with Gasteiger partial charge in [-0.1, -0.05) is 6.07 Å². The van der Waals surface area contributed by atoms with Gasteiger partial charge in [-0.15, -0.1) is 0 Å². The highest BCUT2D eigenvalue weighted by Gasteiger charge is 2.42. The van der Waals surface area contributed by atoms with Crippen molar-refractivity contribution in [2.24, 2.45) is 5.92 Å². The molecule has 0 unspecified atom stereocenters. The molecule has 2 saturated heterocycles. The third-order valence-corrected chi connectivity index (χ3v) is 5.05. The molecular weight excluding hydrogens is 318 g/mol. The van der Waals surface area contributed by atoms with Gasteiger partial charge in [0.15, 0.2) is 11.5 Å². The van der Waals surface area contributed by atoms with Crippen molar-refractivity contribution in [1.29, 1.82) is 0 Å². The van der Waals surface area contributed by atoms with Crippen LogP contribution in [0.1, 0.15) is 30.7 Å². The molecule has 0 bridgehead atoms. The number of carbonyl (C=O) groups excluding carboxylic acids is 1. The Labute approximate surface area is 138 Å². The highest BCUT2D eigenvalue weighted by molar-refractivity contribution is 5.77. The van der Waals surface area contributed by atoms with Crippen molar-refractivity contribution in [3.8, 4) is 11.5 Å². The van der Waals surface area contributed by atoms with Crippen molar-refractivity contribution in [3.63, 3.8) is 0 Å². The first-order valence-electron chi connectivity index (χ1n) is 8.38. The van der Waals surface area contributed by atoms with Gasteiger partial charge in [0, 0.05) is 19.0 Å². The summed E-state index contributed by atoms with van der Waals surface area (Å²) in [4.78, 5) is 13.6. The van der Waals surface area contributed by atoms with Crippen molar-refractivity contribution in [2.45, 2.75) is 37.8 Å². The third-order valence-electron chi connectivity index (χ3n) is 5.05. The summed E-state index contributed by atoms with van der Waals surface area (Å²) >= 11 is 0. The zero-order valence-corrected chi connectivity index (χ0v) is 13.2. The largest absolute Gasteiger partial charge is 0.489 e. The van der Waals surface area contributed by atoms with Gasteiger partial charge in [0.1, 0.15) is 0 Å². The van der Waals surface area contributed by atoms with E-state index in [1.54, 1.807) is 18.2 Å². The van der Waals surface area contributed by atoms with Crippen LogP contribution < -0.4 is 14.8 Å². The lowest BCUT2D eigenvalue weighted by Gasteiger charge is -2.20. The van der Waals surface area contributed by atoms with Gasteiger partial charge in [0.05, 0.1) is 12.6 Å². The topological polar surface area (TPSA) is 50.8 Å². The summed E-state index contributed by atoms with van der Waals surface area (Å²) in [6, 6.07) is 5.26. The Morgan fingerprint density at radius 3 is 2.83 bits per heavy atom. The van der Waals surface area contributed by atoms with Gasteiger partial charge in [-0.3, -0.25) is 0 Å². The van der Waals surface area contributed by atoms with E-state index in [1.807, 2.05) is 4.90 Å². The Kier molecular flexibility index (Phi) is 3.94. The number of benzene rings is 1. The van der Waals surface area contributed by atoms with Crippen LogP contribution in [0.3, 0.4) is 0 Å². The van der Waals surface area contributed by atoms with E-state index >= 15 is 0 Å². The summed E-state index contributed by atoms with van der Waals surface area (Å²) in [7, 11) is 0. The molecule has 0 spiro atoms. The number of hydrogen-bond acceptors (Lipinski definition) is 3. The van der Waals surface area contributed by atoms with Crippen LogP contribution in [0.15, 0.2) is 18.2 Å². The lowest BCUT2D eigenvalue weighted by Crippen LogP contribution is -2.30. The van der Waals surface area contributed by atoms with Gasteiger partial charge in [-0.25, -0.2) is 4.79 Å². The van der Waals surface area contributed by atoms with Gasteiger partial charge < -0.3 is 19.7 Å². The number of fused-ring (bicyclic) bond motifs is 1. The molecule has 1 N–H and O–H groups in total. The highest BCUT2D eigenvalue weighted by Crippen LogP contribution is 2.40. The normalized spacial score (nSPS) is 25.8. The molecule has 130 valence electrons. The summed E-state index contributed by atoms with van der Waals surface area (Å²) in [5.74, 6) is 1.15. The molecule has 2 amide bonds. The van der Waals surface area contributed by atoms with Gasteiger partial charge in [0.25, 0.3) is 0 Å². The Bertz CT molecular complexity index is 636. The fraction of sp³-hybridized carbons (Fsp3) is 0.588. The summed E-state index contributed by atoms with van der Waals surface area (Å²) in [5.41, 5.74) is 1.01. The number of urea groups is 1. The minimum Gasteiger partial charge on any atom is -0.489 e. The monoisotopic (exact) mass is 338 g/mol. The first-order valence-corrected chi connectivity index (χ1v) is 8.38. The molecule has 2 heterocycles. The van der Waals surface area contributed by atoms with Crippen LogP contribution in [0.2, 0.25) is 0 Å². The molecule has 3 aliphatic rings. The lowest BCUT2D eigenvalue weighted by molar-refractivity contribution is -0.0515. The van der Waals surface area contributed by atoms with Crippen LogP contribution >= 0.6 is 0 Å². The molecule has 0 aromatic heterocycles. The number of amides is 2. The summed E-state index contributed by atoms with van der Waals surface area (Å²) < 4.78 is 35.5. The van der Waals surface area contributed by atoms with Crippen molar-refractivity contribution < 1.29 is 23.0 Å². The second-order valence-corrected chi connectivity index (χ2v) is 6.68. The summed E-state index contributed by atoms with van der Waals surface area (Å²) in [6.45, 7) is -1.01. The Hall–Kier alpha value is -2.05. The zero-order chi connectivity index (χ0) is 16.7. The minimum atomic E-state index is -2.88. The fourth-order valence-electron chi connectivity index (χ4n) is 3.59. The van der Waals surface area contributed by atoms with Crippen LogP contribution in [0.4, 0.5) is 13.6 Å². The minimum absolute atomic E-state index is 0.0228. The molecule has 4 rings (SSSR count). The van der Waals surface area contributed by atoms with E-state index in [4.69, 9.17) is 4.74 Å². The van der Waals surface area contributed by atoms with E-state index in [1.165, 1.54) is 0 Å². The average Bonchev–Trinajstić information content (AvgIpc) is 3.17. The predicted molar refractivity (Wildman–Crippen MR) is 82.5 cm³/mol. The maximum atomic E-state index is 12.6. The smallest absolute Gasteiger partial charge is 0.387 e. The molecule has 1 aromatic rings. The first-order chi connectivity index (χ1) is 11.6. The Morgan fingerprint density at radius 1 is 1.25 bits per heavy atom. The van der Waals surface area contributed by atoms with Crippen LogP contribution in [-0.4, -0.2) is 43.3 Å². The second kappa shape index (κ2) is 6.11. The molecule has 3 fully saturated rings. The Balaban J connectivity index is 1.56. The SMILES string of the molecule is O=C1NC[C@@H]2[C@@H](c3ccc(OC(F)F)c(OCC4CC4)c3)CCN12. The molecule has 5 nitrogen and oxygen atoms in total. The standard InChI is InChI=1S/C17H20F2N2O3/c18-16(19)24-14-4-3-11(7-15(14)23-9-10-1-2-10)12-5-6-21-13(12)8-20-17(21)22/h3-4,7,10,12-13,16H,1-2,5-6,8-9H2,(H,20,22)/t12-,13-/m1/s1. The third kappa shape index (κ3) is 2.99. The molecule has 0 radical (unpaired) electrons. The van der Waals surface area contributed by atoms with Gasteiger partial charge >= 0.3 is 12.6 Å². The van der Waals surface area contributed by atoms with Crippen molar-refractivity contribution in [3.05, 3.63) is 23.8 Å². The zero-order valence-electron chi connectivity index (χ0n) is 13.2. The van der Waals surface area contributed by atoms with E-state index < -0.39 is 6.61 Å². The number of halogens is 2. The van der Waals surface area contributed by atoms with Gasteiger partial charge in [-0.05, 0) is 42.9 Å². The number of ether oxygens (including phenoxy) is 2. The molecular formula is C17H20F2N2O3. The number of rotatable bonds is 6. The first kappa shape index (κ1) is 15.5. The molecule has 2 atom stereocenters. The van der Waals surface area contributed by atoms with Crippen molar-refractivity contribution in [2.75, 3.05) is 19.7 Å². The quantitative estimate of drug-likeness (QED) is 0.868. The van der Waals surface area contributed by atoms with Crippen LogP contribution in [0.5, 0.6) is 11.5 Å². The molecule has 24 heavy (non-hydrogen) atoms. The van der Waals surface area contributed by atoms with E-state index in [0.717, 1.165) is 24.8 Å². The summed E-state index contributed by atoms with van der Waals surface area (Å²) in [6.07, 6.45) is 3.12. The number of carbonyl (C=O) groups is 1. The van der Waals surface area contributed by atoms with E-state index in [2.05, 4.69) is 10.1 Å². The van der Waals surface area contributed by atoms with Crippen molar-refractivity contribution in [1.82, 2.24) is 10.2 Å². The molecule has 1 aromatic carbocycles. The van der Waals surface area contributed by atoms with Crippen LogP contribution in [0, 0.1) is 5.92 Å². The van der Waals surface area contributed by atoms with Crippen molar-refractivity contribution >= 4 is 6.03 Å². The van der Waals surface area contributed by atoms with Crippen LogP contribution in [0.25, 0.3) is 0 Å². The maximum Gasteiger partial charge on any atom is 0.387 e. The number of alkyl halides is 2. The number of nitrogens with zero attached hydrogens (tertiary/aromatic N) is 1. The fourth-order valence-corrected chi connectivity index (χ4v) is 3.59. The summed E-state index contributed by atoms with van der Waals surface area (Å²) in [5, 5.41) is 2.85. The maximum absolute atomic E-state index is 12.6. The van der Waals surface area contributed by atoms with E-state index in [0.29, 0.717) is 31.4 Å². The molecule has 1 saturated carbocycles. The lowest BCUT2D eigenvalue weighted by atomic mass is 9.91. The van der Waals surface area contributed by atoms with Crippen LogP contribution in [-0.2, 0) is 0 Å². The predicted octanol–water partition coefficient (Wildman–Crippen LogP) is 2.96.